The van der Waals surface area contributed by atoms with Gasteiger partial charge in [0.25, 0.3) is 10.2 Å². The summed E-state index contributed by atoms with van der Waals surface area (Å²) in [5, 5.41) is 0. The molecule has 0 aromatic heterocycles. The Morgan fingerprint density at radius 2 is 1.62 bits per heavy atom. The van der Waals surface area contributed by atoms with Crippen molar-refractivity contribution in [1.82, 2.24) is 8.61 Å². The van der Waals surface area contributed by atoms with Crippen LogP contribution in [0.3, 0.4) is 0 Å². The third kappa shape index (κ3) is 4.65. The summed E-state index contributed by atoms with van der Waals surface area (Å²) < 4.78 is 29.4. The van der Waals surface area contributed by atoms with Crippen LogP contribution in [0.4, 0.5) is 0 Å². The second kappa shape index (κ2) is 9.08. The predicted molar refractivity (Wildman–Crippen MR) is 88.3 cm³/mol. The minimum atomic E-state index is -3.37. The van der Waals surface area contributed by atoms with Crippen LogP contribution in [0.15, 0.2) is 0 Å². The van der Waals surface area contributed by atoms with E-state index in [0.29, 0.717) is 32.1 Å². The molecule has 0 heterocycles. The molecule has 0 bridgehead atoms. The van der Waals surface area contributed by atoms with Crippen molar-refractivity contribution in [1.29, 1.82) is 0 Å². The van der Waals surface area contributed by atoms with E-state index in [1.165, 1.54) is 6.42 Å². The molecule has 1 saturated carbocycles. The van der Waals surface area contributed by atoms with E-state index in [0.717, 1.165) is 32.1 Å². The Bertz CT molecular complexity index is 380. The Hall–Kier alpha value is -0.170. The lowest BCUT2D eigenvalue weighted by atomic mass is 9.84. The first-order valence-corrected chi connectivity index (χ1v) is 9.89. The first-order valence-electron chi connectivity index (χ1n) is 8.49. The molecule has 0 amide bonds. The van der Waals surface area contributed by atoms with Crippen molar-refractivity contribution in [3.05, 3.63) is 0 Å². The molecule has 0 aromatic rings. The van der Waals surface area contributed by atoms with Crippen molar-refractivity contribution < 1.29 is 8.42 Å². The summed E-state index contributed by atoms with van der Waals surface area (Å²) >= 11 is 0. The van der Waals surface area contributed by atoms with Gasteiger partial charge in [-0.05, 0) is 38.1 Å². The van der Waals surface area contributed by atoms with E-state index in [-0.39, 0.29) is 6.04 Å². The van der Waals surface area contributed by atoms with Crippen LogP contribution in [0.2, 0.25) is 0 Å². The first-order chi connectivity index (χ1) is 10.0. The number of nitrogens with zero attached hydrogens (tertiary/aromatic N) is 2. The molecular weight excluding hydrogens is 286 g/mol. The maximum Gasteiger partial charge on any atom is 0.282 e. The van der Waals surface area contributed by atoms with Gasteiger partial charge in [0.05, 0.1) is 0 Å². The summed E-state index contributed by atoms with van der Waals surface area (Å²) in [4.78, 5) is 0. The van der Waals surface area contributed by atoms with E-state index in [2.05, 4.69) is 0 Å². The molecule has 2 atom stereocenters. The molecule has 0 radical (unpaired) electrons. The molecule has 0 spiro atoms. The highest BCUT2D eigenvalue weighted by atomic mass is 32.2. The van der Waals surface area contributed by atoms with Gasteiger partial charge in [0.15, 0.2) is 0 Å². The SMILES string of the molecule is CCCN(CCC)S(=O)(=O)N(CC)C1CCCCC1CN. The summed E-state index contributed by atoms with van der Waals surface area (Å²) in [6.07, 6.45) is 5.97. The average molecular weight is 320 g/mol. The number of rotatable bonds is 9. The zero-order valence-electron chi connectivity index (χ0n) is 13.9. The third-order valence-electron chi connectivity index (χ3n) is 4.42. The van der Waals surface area contributed by atoms with Crippen molar-refractivity contribution in [3.63, 3.8) is 0 Å². The van der Waals surface area contributed by atoms with E-state index in [1.807, 2.05) is 20.8 Å². The highest BCUT2D eigenvalue weighted by Crippen LogP contribution is 2.30. The second-order valence-electron chi connectivity index (χ2n) is 5.96. The van der Waals surface area contributed by atoms with E-state index in [9.17, 15) is 8.42 Å². The third-order valence-corrected chi connectivity index (χ3v) is 6.56. The molecule has 126 valence electrons. The molecule has 0 aliphatic heterocycles. The van der Waals surface area contributed by atoms with Crippen molar-refractivity contribution >= 4 is 10.2 Å². The Morgan fingerprint density at radius 3 is 2.10 bits per heavy atom. The zero-order valence-corrected chi connectivity index (χ0v) is 14.7. The highest BCUT2D eigenvalue weighted by Gasteiger charge is 2.37. The smallest absolute Gasteiger partial charge is 0.282 e. The van der Waals surface area contributed by atoms with Crippen molar-refractivity contribution in [3.8, 4) is 0 Å². The Labute approximate surface area is 131 Å². The molecule has 2 unspecified atom stereocenters. The lowest BCUT2D eigenvalue weighted by molar-refractivity contribution is 0.177. The minimum Gasteiger partial charge on any atom is -0.330 e. The quantitative estimate of drug-likeness (QED) is 0.708. The maximum absolute atomic E-state index is 13.0. The standard InChI is InChI=1S/C15H33N3O2S/c1-4-11-17(12-5-2)21(19,20)18(6-3)15-10-8-7-9-14(15)13-16/h14-15H,4-13,16H2,1-3H3. The van der Waals surface area contributed by atoms with Gasteiger partial charge in [-0.25, -0.2) is 0 Å². The van der Waals surface area contributed by atoms with E-state index >= 15 is 0 Å². The van der Waals surface area contributed by atoms with Gasteiger partial charge in [0.1, 0.15) is 0 Å². The number of hydrogen-bond donors (Lipinski definition) is 1. The maximum atomic E-state index is 13.0. The molecular formula is C15H33N3O2S. The highest BCUT2D eigenvalue weighted by molar-refractivity contribution is 7.86. The molecule has 6 heteroatoms. The Balaban J connectivity index is 2.98. The average Bonchev–Trinajstić information content (AvgIpc) is 2.48. The van der Waals surface area contributed by atoms with E-state index < -0.39 is 10.2 Å². The van der Waals surface area contributed by atoms with Crippen LogP contribution in [0, 0.1) is 5.92 Å². The van der Waals surface area contributed by atoms with Gasteiger partial charge in [-0.2, -0.15) is 17.0 Å². The largest absolute Gasteiger partial charge is 0.330 e. The van der Waals surface area contributed by atoms with Crippen molar-refractivity contribution in [2.45, 2.75) is 65.3 Å². The summed E-state index contributed by atoms with van der Waals surface area (Å²) in [6.45, 7) is 8.32. The fraction of sp³-hybridized carbons (Fsp3) is 1.00. The molecule has 1 aliphatic carbocycles. The van der Waals surface area contributed by atoms with Gasteiger partial charge in [-0.15, -0.1) is 0 Å². The number of hydrogen-bond acceptors (Lipinski definition) is 3. The van der Waals surface area contributed by atoms with Crippen LogP contribution in [-0.4, -0.2) is 49.2 Å². The summed E-state index contributed by atoms with van der Waals surface area (Å²) in [6, 6.07) is 0.0787. The van der Waals surface area contributed by atoms with Crippen molar-refractivity contribution in [2.75, 3.05) is 26.2 Å². The Kier molecular flexibility index (Phi) is 8.16. The van der Waals surface area contributed by atoms with Gasteiger partial charge in [-0.1, -0.05) is 33.6 Å². The molecule has 21 heavy (non-hydrogen) atoms. The molecule has 2 N–H and O–H groups in total. The molecule has 1 rings (SSSR count). The fourth-order valence-corrected chi connectivity index (χ4v) is 5.47. The summed E-state index contributed by atoms with van der Waals surface area (Å²) in [5.41, 5.74) is 5.89. The monoisotopic (exact) mass is 319 g/mol. The van der Waals surface area contributed by atoms with Gasteiger partial charge in [0.2, 0.25) is 0 Å². The normalized spacial score (nSPS) is 23.9. The lowest BCUT2D eigenvalue weighted by Crippen LogP contribution is -2.53. The van der Waals surface area contributed by atoms with Crippen molar-refractivity contribution in [2.24, 2.45) is 11.7 Å². The van der Waals surface area contributed by atoms with Gasteiger partial charge in [-0.3, -0.25) is 0 Å². The van der Waals surface area contributed by atoms with Crippen LogP contribution in [0.1, 0.15) is 59.3 Å². The van der Waals surface area contributed by atoms with E-state index in [4.69, 9.17) is 5.73 Å². The summed E-state index contributed by atoms with van der Waals surface area (Å²) in [5.74, 6) is 0.304. The fourth-order valence-electron chi connectivity index (χ4n) is 3.40. The molecule has 0 aromatic carbocycles. The van der Waals surface area contributed by atoms with Crippen LogP contribution in [-0.2, 0) is 10.2 Å². The van der Waals surface area contributed by atoms with Gasteiger partial charge >= 0.3 is 0 Å². The first kappa shape index (κ1) is 18.9. The molecule has 1 fully saturated rings. The van der Waals surface area contributed by atoms with Crippen LogP contribution in [0.25, 0.3) is 0 Å². The van der Waals surface area contributed by atoms with Crippen LogP contribution >= 0.6 is 0 Å². The van der Waals surface area contributed by atoms with E-state index in [1.54, 1.807) is 8.61 Å². The molecule has 1 aliphatic rings. The Morgan fingerprint density at radius 1 is 1.05 bits per heavy atom. The molecule has 0 saturated heterocycles. The van der Waals surface area contributed by atoms with Gasteiger partial charge < -0.3 is 5.73 Å². The lowest BCUT2D eigenvalue weighted by Gasteiger charge is -2.40. The summed E-state index contributed by atoms with van der Waals surface area (Å²) in [7, 11) is -3.37. The molecule has 5 nitrogen and oxygen atoms in total. The van der Waals surface area contributed by atoms with Crippen LogP contribution in [0.5, 0.6) is 0 Å². The van der Waals surface area contributed by atoms with Gasteiger partial charge in [0, 0.05) is 25.7 Å². The number of nitrogens with two attached hydrogens (primary N) is 1. The second-order valence-corrected chi connectivity index (χ2v) is 7.84. The zero-order chi connectivity index (χ0) is 15.9. The van der Waals surface area contributed by atoms with Crippen LogP contribution < -0.4 is 5.73 Å². The topological polar surface area (TPSA) is 66.6 Å². The predicted octanol–water partition coefficient (Wildman–Crippen LogP) is 2.19. The minimum absolute atomic E-state index is 0.0787.